The van der Waals surface area contributed by atoms with Gasteiger partial charge in [0, 0.05) is 36.6 Å². The summed E-state index contributed by atoms with van der Waals surface area (Å²) in [6.45, 7) is 3.02. The fourth-order valence-corrected chi connectivity index (χ4v) is 4.67. The van der Waals surface area contributed by atoms with Crippen molar-refractivity contribution in [2.45, 2.75) is 43.8 Å². The maximum Gasteiger partial charge on any atom is 0.316 e. The van der Waals surface area contributed by atoms with Crippen molar-refractivity contribution in [3.05, 3.63) is 30.3 Å². The number of urea groups is 1. The number of carbonyl (C=O) groups excluding carboxylic acids is 1. The molecule has 0 spiro atoms. The summed E-state index contributed by atoms with van der Waals surface area (Å²) in [5, 5.41) is 6.18. The van der Waals surface area contributed by atoms with Gasteiger partial charge in [-0.3, -0.25) is 0 Å². The standard InChI is InChI=1S/C22H28N6O3/c23-22(29)25-15-3-1-14(2-4-15)21-26-19(24-16-7-9-30-10-8-16)11-20(27-21)28-17-5-6-18(28)13-31-12-17/h1-4,11,16-18H,5-10,12-13H2,(H3,23,25,29)(H,24,26,27). The second-order valence-electron chi connectivity index (χ2n) is 8.36. The Kier molecular flexibility index (Phi) is 5.61. The summed E-state index contributed by atoms with van der Waals surface area (Å²) >= 11 is 0. The van der Waals surface area contributed by atoms with Crippen LogP contribution >= 0.6 is 0 Å². The number of anilines is 3. The number of nitrogens with one attached hydrogen (secondary N) is 2. The lowest BCUT2D eigenvalue weighted by atomic mass is 10.1. The molecule has 2 bridgehead atoms. The smallest absolute Gasteiger partial charge is 0.316 e. The molecule has 2 atom stereocenters. The van der Waals surface area contributed by atoms with Crippen LogP contribution < -0.4 is 21.3 Å². The third kappa shape index (κ3) is 4.42. The van der Waals surface area contributed by atoms with Crippen molar-refractivity contribution >= 4 is 23.4 Å². The summed E-state index contributed by atoms with van der Waals surface area (Å²) in [6.07, 6.45) is 4.18. The van der Waals surface area contributed by atoms with Gasteiger partial charge in [-0.05, 0) is 49.9 Å². The molecule has 5 rings (SSSR count). The predicted octanol–water partition coefficient (Wildman–Crippen LogP) is 2.59. The summed E-state index contributed by atoms with van der Waals surface area (Å²) in [5.74, 6) is 2.43. The minimum Gasteiger partial charge on any atom is -0.381 e. The Hall–Kier alpha value is -2.91. The SMILES string of the molecule is NC(=O)Nc1ccc(-c2nc(NC3CCOCC3)cc(N3C4CCC3COC4)n2)cc1. The lowest BCUT2D eigenvalue weighted by Gasteiger charge is -2.36. The molecule has 2 unspecified atom stereocenters. The van der Waals surface area contributed by atoms with Gasteiger partial charge >= 0.3 is 6.03 Å². The highest BCUT2D eigenvalue weighted by atomic mass is 16.5. The van der Waals surface area contributed by atoms with Crippen LogP contribution in [-0.2, 0) is 9.47 Å². The average molecular weight is 425 g/mol. The van der Waals surface area contributed by atoms with Crippen molar-refractivity contribution in [2.75, 3.05) is 42.0 Å². The maximum atomic E-state index is 11.1. The Morgan fingerprint density at radius 1 is 1.00 bits per heavy atom. The number of hydrogen-bond donors (Lipinski definition) is 3. The highest BCUT2D eigenvalue weighted by Crippen LogP contribution is 2.35. The minimum absolute atomic E-state index is 0.341. The lowest BCUT2D eigenvalue weighted by molar-refractivity contribution is 0.0899. The van der Waals surface area contributed by atoms with Crippen LogP contribution in [0.1, 0.15) is 25.7 Å². The molecule has 0 saturated carbocycles. The predicted molar refractivity (Wildman–Crippen MR) is 118 cm³/mol. The molecule has 9 heteroatoms. The minimum atomic E-state index is -0.586. The van der Waals surface area contributed by atoms with E-state index in [2.05, 4.69) is 21.6 Å². The van der Waals surface area contributed by atoms with E-state index in [4.69, 9.17) is 25.2 Å². The summed E-state index contributed by atoms with van der Waals surface area (Å²) < 4.78 is 11.3. The van der Waals surface area contributed by atoms with Crippen molar-refractivity contribution in [3.63, 3.8) is 0 Å². The Balaban J connectivity index is 1.47. The molecule has 0 aliphatic carbocycles. The Labute approximate surface area is 181 Å². The van der Waals surface area contributed by atoms with Crippen LogP contribution in [-0.4, -0.2) is 60.6 Å². The van der Waals surface area contributed by atoms with Crippen molar-refractivity contribution < 1.29 is 14.3 Å². The second kappa shape index (κ2) is 8.68. The van der Waals surface area contributed by atoms with Gasteiger partial charge in [-0.25, -0.2) is 14.8 Å². The molecule has 2 aromatic rings. The highest BCUT2D eigenvalue weighted by Gasteiger charge is 2.38. The number of carbonyl (C=O) groups is 1. The van der Waals surface area contributed by atoms with E-state index in [1.54, 1.807) is 12.1 Å². The third-order valence-electron chi connectivity index (χ3n) is 6.20. The zero-order chi connectivity index (χ0) is 21.2. The van der Waals surface area contributed by atoms with Gasteiger partial charge in [0.1, 0.15) is 11.6 Å². The average Bonchev–Trinajstić information content (AvgIpc) is 3.03. The Morgan fingerprint density at radius 3 is 2.39 bits per heavy atom. The van der Waals surface area contributed by atoms with Crippen LogP contribution in [0.15, 0.2) is 30.3 Å². The lowest BCUT2D eigenvalue weighted by Crippen LogP contribution is -2.46. The number of primary amides is 1. The van der Waals surface area contributed by atoms with Gasteiger partial charge in [-0.1, -0.05) is 0 Å². The fraction of sp³-hybridized carbons (Fsp3) is 0.500. The van der Waals surface area contributed by atoms with E-state index in [0.29, 0.717) is 29.6 Å². The fourth-order valence-electron chi connectivity index (χ4n) is 4.67. The number of benzene rings is 1. The van der Waals surface area contributed by atoms with E-state index >= 15 is 0 Å². The van der Waals surface area contributed by atoms with Crippen LogP contribution in [0.4, 0.5) is 22.1 Å². The topological polar surface area (TPSA) is 115 Å². The van der Waals surface area contributed by atoms with Gasteiger partial charge in [0.25, 0.3) is 0 Å². The first-order valence-electron chi connectivity index (χ1n) is 10.9. The molecule has 1 aromatic carbocycles. The van der Waals surface area contributed by atoms with Crippen molar-refractivity contribution in [1.29, 1.82) is 0 Å². The van der Waals surface area contributed by atoms with Crippen LogP contribution in [0.5, 0.6) is 0 Å². The number of rotatable bonds is 5. The molecule has 3 aliphatic heterocycles. The molecule has 9 nitrogen and oxygen atoms in total. The van der Waals surface area contributed by atoms with Crippen LogP contribution in [0.25, 0.3) is 11.4 Å². The molecule has 164 valence electrons. The largest absolute Gasteiger partial charge is 0.381 e. The summed E-state index contributed by atoms with van der Waals surface area (Å²) in [6, 6.07) is 9.95. The number of amides is 2. The number of morpholine rings is 1. The summed E-state index contributed by atoms with van der Waals surface area (Å²) in [7, 11) is 0. The summed E-state index contributed by atoms with van der Waals surface area (Å²) in [5.41, 5.74) is 6.73. The zero-order valence-electron chi connectivity index (χ0n) is 17.4. The monoisotopic (exact) mass is 424 g/mol. The first kappa shape index (κ1) is 20.0. The molecule has 3 fully saturated rings. The molecule has 0 radical (unpaired) electrons. The third-order valence-corrected chi connectivity index (χ3v) is 6.20. The quantitative estimate of drug-likeness (QED) is 0.676. The molecule has 3 saturated heterocycles. The van der Waals surface area contributed by atoms with Crippen molar-refractivity contribution in [1.82, 2.24) is 9.97 Å². The molecule has 4 heterocycles. The van der Waals surface area contributed by atoms with E-state index in [1.165, 1.54) is 0 Å². The molecule has 2 amide bonds. The van der Waals surface area contributed by atoms with Crippen molar-refractivity contribution in [2.24, 2.45) is 5.73 Å². The first-order chi connectivity index (χ1) is 15.2. The highest BCUT2D eigenvalue weighted by molar-refractivity contribution is 5.88. The molecule has 31 heavy (non-hydrogen) atoms. The number of ether oxygens (including phenoxy) is 2. The number of nitrogens with zero attached hydrogens (tertiary/aromatic N) is 3. The molecular weight excluding hydrogens is 396 g/mol. The van der Waals surface area contributed by atoms with Gasteiger partial charge in [-0.15, -0.1) is 0 Å². The normalized spacial score (nSPS) is 23.5. The number of hydrogen-bond acceptors (Lipinski definition) is 7. The molecule has 3 aliphatic rings. The van der Waals surface area contributed by atoms with Gasteiger partial charge in [-0.2, -0.15) is 0 Å². The van der Waals surface area contributed by atoms with E-state index in [9.17, 15) is 4.79 Å². The molecular formula is C22H28N6O3. The van der Waals surface area contributed by atoms with Crippen LogP contribution in [0.3, 0.4) is 0 Å². The Bertz CT molecular complexity index is 915. The van der Waals surface area contributed by atoms with Gasteiger partial charge in [0.05, 0.1) is 25.3 Å². The van der Waals surface area contributed by atoms with Crippen molar-refractivity contribution in [3.8, 4) is 11.4 Å². The Morgan fingerprint density at radius 2 is 1.71 bits per heavy atom. The van der Waals surface area contributed by atoms with Crippen LogP contribution in [0.2, 0.25) is 0 Å². The first-order valence-corrected chi connectivity index (χ1v) is 10.9. The van der Waals surface area contributed by atoms with E-state index in [0.717, 1.165) is 69.3 Å². The van der Waals surface area contributed by atoms with E-state index in [-0.39, 0.29) is 0 Å². The van der Waals surface area contributed by atoms with E-state index < -0.39 is 6.03 Å². The van der Waals surface area contributed by atoms with Gasteiger partial charge in [0.15, 0.2) is 5.82 Å². The second-order valence-corrected chi connectivity index (χ2v) is 8.36. The number of fused-ring (bicyclic) bond motifs is 2. The summed E-state index contributed by atoms with van der Waals surface area (Å²) in [4.78, 5) is 23.3. The number of aromatic nitrogens is 2. The molecule has 1 aromatic heterocycles. The van der Waals surface area contributed by atoms with Crippen LogP contribution in [0, 0.1) is 0 Å². The maximum absolute atomic E-state index is 11.1. The van der Waals surface area contributed by atoms with Gasteiger partial charge in [0.2, 0.25) is 0 Å². The number of nitrogens with two attached hydrogens (primary N) is 1. The van der Waals surface area contributed by atoms with E-state index in [1.807, 2.05) is 12.1 Å². The van der Waals surface area contributed by atoms with Gasteiger partial charge < -0.3 is 30.7 Å². The zero-order valence-corrected chi connectivity index (χ0v) is 17.4. The molecule has 4 N–H and O–H groups in total.